The maximum Gasteiger partial charge on any atom is 0.255 e. The number of anilines is 1. The summed E-state index contributed by atoms with van der Waals surface area (Å²) in [4.78, 5) is 12.0. The van der Waals surface area contributed by atoms with Gasteiger partial charge < -0.3 is 15.8 Å². The minimum absolute atomic E-state index is 0.168. The molecule has 3 N–H and O–H groups in total. The number of hydrogen-bond donors (Lipinski definition) is 2. The van der Waals surface area contributed by atoms with Gasteiger partial charge in [-0.15, -0.1) is 0 Å². The number of benzene rings is 1. The lowest BCUT2D eigenvalue weighted by Gasteiger charge is -2.11. The minimum atomic E-state index is -0.168. The first kappa shape index (κ1) is 12.0. The molecule has 2 atom stereocenters. The molecule has 1 fully saturated rings. The molecule has 0 aromatic heterocycles. The molecule has 0 radical (unpaired) electrons. The molecule has 1 saturated carbocycles. The van der Waals surface area contributed by atoms with Gasteiger partial charge in [-0.3, -0.25) is 4.79 Å². The molecule has 1 aromatic rings. The Morgan fingerprint density at radius 3 is 2.76 bits per heavy atom. The Balaban J connectivity index is 2.23. The van der Waals surface area contributed by atoms with Crippen molar-refractivity contribution in [1.82, 2.24) is 5.32 Å². The van der Waals surface area contributed by atoms with E-state index in [1.807, 2.05) is 0 Å². The van der Waals surface area contributed by atoms with Gasteiger partial charge in [-0.25, -0.2) is 0 Å². The van der Waals surface area contributed by atoms with Crippen LogP contribution >= 0.6 is 11.6 Å². The second-order valence-electron chi connectivity index (χ2n) is 4.37. The molecule has 1 amide bonds. The van der Waals surface area contributed by atoms with Crippen LogP contribution in [0.25, 0.3) is 0 Å². The Morgan fingerprint density at radius 1 is 1.59 bits per heavy atom. The molecule has 0 bridgehead atoms. The van der Waals surface area contributed by atoms with Gasteiger partial charge in [0.2, 0.25) is 0 Å². The highest BCUT2D eigenvalue weighted by atomic mass is 35.5. The fourth-order valence-electron chi connectivity index (χ4n) is 1.68. The lowest BCUT2D eigenvalue weighted by atomic mass is 10.1. The Morgan fingerprint density at radius 2 is 2.24 bits per heavy atom. The predicted octanol–water partition coefficient (Wildman–Crippen LogP) is 2.07. The SMILES string of the molecule is COc1cc(N)c(Cl)cc1C(=O)NC1CC1C. The summed E-state index contributed by atoms with van der Waals surface area (Å²) in [5.41, 5.74) is 6.48. The summed E-state index contributed by atoms with van der Waals surface area (Å²) in [5, 5.41) is 3.28. The fourth-order valence-corrected chi connectivity index (χ4v) is 1.85. The van der Waals surface area contributed by atoms with Crippen molar-refractivity contribution in [2.45, 2.75) is 19.4 Å². The van der Waals surface area contributed by atoms with Gasteiger partial charge >= 0.3 is 0 Å². The van der Waals surface area contributed by atoms with Gasteiger partial charge in [0.1, 0.15) is 5.75 Å². The maximum absolute atomic E-state index is 12.0. The number of carbonyl (C=O) groups is 1. The van der Waals surface area contributed by atoms with E-state index in [0.29, 0.717) is 27.9 Å². The average Bonchev–Trinajstić information content (AvgIpc) is 2.97. The molecular formula is C12H15ClN2O2. The molecule has 1 aromatic carbocycles. The Labute approximate surface area is 105 Å². The van der Waals surface area contributed by atoms with Crippen molar-refractivity contribution in [2.75, 3.05) is 12.8 Å². The molecule has 17 heavy (non-hydrogen) atoms. The Hall–Kier alpha value is -1.42. The number of rotatable bonds is 3. The van der Waals surface area contributed by atoms with Gasteiger partial charge in [-0.2, -0.15) is 0 Å². The normalized spacial score (nSPS) is 22.1. The van der Waals surface area contributed by atoms with Crippen molar-refractivity contribution in [2.24, 2.45) is 5.92 Å². The summed E-state index contributed by atoms with van der Waals surface area (Å²) in [7, 11) is 1.50. The lowest BCUT2D eigenvalue weighted by molar-refractivity contribution is 0.0946. The van der Waals surface area contributed by atoms with E-state index < -0.39 is 0 Å². The van der Waals surface area contributed by atoms with E-state index in [4.69, 9.17) is 22.1 Å². The third-order valence-corrected chi connectivity index (χ3v) is 3.32. The first-order valence-corrected chi connectivity index (χ1v) is 5.84. The summed E-state index contributed by atoms with van der Waals surface area (Å²) in [6, 6.07) is 3.37. The number of carbonyl (C=O) groups excluding carboxylic acids is 1. The van der Waals surface area contributed by atoms with E-state index in [0.717, 1.165) is 6.42 Å². The maximum atomic E-state index is 12.0. The number of nitrogen functional groups attached to an aromatic ring is 1. The summed E-state index contributed by atoms with van der Waals surface area (Å²) >= 11 is 5.91. The number of nitrogens with two attached hydrogens (primary N) is 1. The fraction of sp³-hybridized carbons (Fsp3) is 0.417. The third-order valence-electron chi connectivity index (χ3n) is 2.99. The van der Waals surface area contributed by atoms with Gasteiger partial charge in [0.05, 0.1) is 23.4 Å². The van der Waals surface area contributed by atoms with Crippen molar-refractivity contribution in [3.05, 3.63) is 22.7 Å². The van der Waals surface area contributed by atoms with Gasteiger partial charge in [0.25, 0.3) is 5.91 Å². The van der Waals surface area contributed by atoms with Crippen molar-refractivity contribution in [3.63, 3.8) is 0 Å². The van der Waals surface area contributed by atoms with Crippen LogP contribution in [-0.4, -0.2) is 19.1 Å². The first-order chi connectivity index (χ1) is 8.02. The summed E-state index contributed by atoms with van der Waals surface area (Å²) in [5.74, 6) is 0.824. The smallest absolute Gasteiger partial charge is 0.255 e. The topological polar surface area (TPSA) is 64.3 Å². The van der Waals surface area contributed by atoms with E-state index in [-0.39, 0.29) is 11.9 Å². The molecule has 0 saturated heterocycles. The lowest BCUT2D eigenvalue weighted by Crippen LogP contribution is -2.27. The van der Waals surface area contributed by atoms with Crippen molar-refractivity contribution >= 4 is 23.2 Å². The zero-order valence-electron chi connectivity index (χ0n) is 9.79. The highest BCUT2D eigenvalue weighted by Crippen LogP contribution is 2.32. The molecule has 0 spiro atoms. The van der Waals surface area contributed by atoms with Gasteiger partial charge in [0, 0.05) is 12.1 Å². The van der Waals surface area contributed by atoms with Crippen LogP contribution in [0.4, 0.5) is 5.69 Å². The molecule has 2 unspecified atom stereocenters. The van der Waals surface area contributed by atoms with Crippen molar-refractivity contribution < 1.29 is 9.53 Å². The number of ether oxygens (including phenoxy) is 1. The number of nitrogens with one attached hydrogen (secondary N) is 1. The third kappa shape index (κ3) is 2.47. The zero-order valence-corrected chi connectivity index (χ0v) is 10.5. The van der Waals surface area contributed by atoms with E-state index in [1.165, 1.54) is 13.2 Å². The summed E-state index contributed by atoms with van der Waals surface area (Å²) < 4.78 is 5.13. The van der Waals surface area contributed by atoms with Gasteiger partial charge in [-0.1, -0.05) is 18.5 Å². The van der Waals surface area contributed by atoms with E-state index in [9.17, 15) is 4.79 Å². The van der Waals surface area contributed by atoms with Crippen LogP contribution in [0.3, 0.4) is 0 Å². The standard InChI is InChI=1S/C12H15ClN2O2/c1-6-3-10(6)15-12(16)7-4-8(13)9(14)5-11(7)17-2/h4-6,10H,3,14H2,1-2H3,(H,15,16). The highest BCUT2D eigenvalue weighted by molar-refractivity contribution is 6.33. The van der Waals surface area contributed by atoms with Crippen LogP contribution in [0.2, 0.25) is 5.02 Å². The van der Waals surface area contributed by atoms with Crippen LogP contribution in [0.5, 0.6) is 5.75 Å². The predicted molar refractivity (Wildman–Crippen MR) is 67.5 cm³/mol. The molecule has 1 aliphatic rings. The van der Waals surface area contributed by atoms with Crippen LogP contribution in [0.15, 0.2) is 12.1 Å². The summed E-state index contributed by atoms with van der Waals surface area (Å²) in [6.45, 7) is 2.10. The molecule has 92 valence electrons. The monoisotopic (exact) mass is 254 g/mol. The van der Waals surface area contributed by atoms with E-state index >= 15 is 0 Å². The number of hydrogen-bond acceptors (Lipinski definition) is 3. The molecule has 1 aliphatic carbocycles. The molecule has 4 nitrogen and oxygen atoms in total. The second kappa shape index (κ2) is 4.45. The molecule has 5 heteroatoms. The first-order valence-electron chi connectivity index (χ1n) is 5.46. The van der Waals surface area contributed by atoms with Crippen LogP contribution < -0.4 is 15.8 Å². The van der Waals surface area contributed by atoms with E-state index in [1.54, 1.807) is 6.07 Å². The van der Waals surface area contributed by atoms with Crippen molar-refractivity contribution in [1.29, 1.82) is 0 Å². The average molecular weight is 255 g/mol. The van der Waals surface area contributed by atoms with Gasteiger partial charge in [-0.05, 0) is 18.4 Å². The Bertz CT molecular complexity index is 462. The van der Waals surface area contributed by atoms with Crippen LogP contribution in [0.1, 0.15) is 23.7 Å². The van der Waals surface area contributed by atoms with Crippen molar-refractivity contribution in [3.8, 4) is 5.75 Å². The van der Waals surface area contributed by atoms with Gasteiger partial charge in [0.15, 0.2) is 0 Å². The van der Waals surface area contributed by atoms with E-state index in [2.05, 4.69) is 12.2 Å². The number of amides is 1. The minimum Gasteiger partial charge on any atom is -0.496 e. The zero-order chi connectivity index (χ0) is 12.6. The summed E-state index contributed by atoms with van der Waals surface area (Å²) in [6.07, 6.45) is 1.02. The Kier molecular flexibility index (Phi) is 3.15. The molecular weight excluding hydrogens is 240 g/mol. The molecule has 0 aliphatic heterocycles. The number of methoxy groups -OCH3 is 1. The highest BCUT2D eigenvalue weighted by Gasteiger charge is 2.34. The van der Waals surface area contributed by atoms with Crippen LogP contribution in [0, 0.1) is 5.92 Å². The second-order valence-corrected chi connectivity index (χ2v) is 4.77. The largest absolute Gasteiger partial charge is 0.496 e. The van der Waals surface area contributed by atoms with Crippen LogP contribution in [-0.2, 0) is 0 Å². The molecule has 2 rings (SSSR count). The number of halogens is 1. The molecule has 0 heterocycles. The quantitative estimate of drug-likeness (QED) is 0.812.